The third-order valence-corrected chi connectivity index (χ3v) is 4.24. The second kappa shape index (κ2) is 5.54. The maximum absolute atomic E-state index is 5.90. The summed E-state index contributed by atoms with van der Waals surface area (Å²) in [4.78, 5) is 6.44. The van der Waals surface area contributed by atoms with Crippen LogP contribution in [0.25, 0.3) is 0 Å². The molecule has 2 rings (SSSR count). The lowest BCUT2D eigenvalue weighted by atomic mass is 10.4. The molecule has 0 atom stereocenters. The predicted octanol–water partition coefficient (Wildman–Crippen LogP) is 3.37. The molecule has 6 heteroatoms. The highest BCUT2D eigenvalue weighted by Crippen LogP contribution is 2.28. The first-order valence-corrected chi connectivity index (χ1v) is 6.75. The number of rotatable bonds is 4. The molecule has 0 radical (unpaired) electrons. The highest BCUT2D eigenvalue weighted by atomic mass is 35.5. The summed E-state index contributed by atoms with van der Waals surface area (Å²) in [6.07, 6.45) is 1.83. The number of thioether (sulfide) groups is 1. The van der Waals surface area contributed by atoms with Gasteiger partial charge in [-0.05, 0) is 18.2 Å². The Kier molecular flexibility index (Phi) is 4.06. The third-order valence-electron chi connectivity index (χ3n) is 1.85. The zero-order chi connectivity index (χ0) is 11.4. The molecule has 0 fully saturated rings. The van der Waals surface area contributed by atoms with E-state index in [1.54, 1.807) is 23.1 Å². The molecule has 1 aromatic heterocycles. The summed E-state index contributed by atoms with van der Waals surface area (Å²) < 4.78 is 0. The second-order valence-electron chi connectivity index (χ2n) is 3.02. The summed E-state index contributed by atoms with van der Waals surface area (Å²) >= 11 is 9.19. The first-order chi connectivity index (χ1) is 7.78. The molecule has 0 spiro atoms. The molecule has 2 aromatic rings. The van der Waals surface area contributed by atoms with E-state index in [1.165, 1.54) is 4.88 Å². The molecule has 1 aromatic carbocycles. The number of thiazole rings is 1. The number of aromatic nitrogens is 1. The number of hydrogen-bond acceptors (Lipinski definition) is 5. The third kappa shape index (κ3) is 3.12. The van der Waals surface area contributed by atoms with Gasteiger partial charge in [-0.3, -0.25) is 5.43 Å². The van der Waals surface area contributed by atoms with Crippen molar-refractivity contribution in [1.29, 1.82) is 0 Å². The molecule has 0 unspecified atom stereocenters. The van der Waals surface area contributed by atoms with Crippen LogP contribution < -0.4 is 11.3 Å². The summed E-state index contributed by atoms with van der Waals surface area (Å²) in [7, 11) is 0. The van der Waals surface area contributed by atoms with E-state index in [0.29, 0.717) is 0 Å². The minimum absolute atomic E-state index is 0.738. The van der Waals surface area contributed by atoms with Crippen molar-refractivity contribution in [3.05, 3.63) is 40.4 Å². The Bertz CT molecular complexity index is 473. The quantitative estimate of drug-likeness (QED) is 0.509. The Morgan fingerprint density at radius 3 is 3.06 bits per heavy atom. The van der Waals surface area contributed by atoms with Crippen LogP contribution in [0.2, 0.25) is 5.02 Å². The fourth-order valence-electron chi connectivity index (χ4n) is 1.15. The van der Waals surface area contributed by atoms with Gasteiger partial charge in [-0.1, -0.05) is 17.7 Å². The summed E-state index contributed by atoms with van der Waals surface area (Å²) in [5.41, 5.74) is 2.53. The van der Waals surface area contributed by atoms with Gasteiger partial charge < -0.3 is 0 Å². The van der Waals surface area contributed by atoms with Crippen molar-refractivity contribution in [2.75, 3.05) is 5.43 Å². The Balaban J connectivity index is 1.96. The highest BCUT2D eigenvalue weighted by Gasteiger charge is 2.01. The van der Waals surface area contributed by atoms with Crippen LogP contribution >= 0.6 is 34.7 Å². The van der Waals surface area contributed by atoms with Crippen LogP contribution in [0.3, 0.4) is 0 Å². The van der Waals surface area contributed by atoms with E-state index >= 15 is 0 Å². The summed E-state index contributed by atoms with van der Waals surface area (Å²) in [6, 6.07) is 7.81. The largest absolute Gasteiger partial charge is 0.300 e. The molecule has 0 amide bonds. The number of anilines is 1. The van der Waals surface area contributed by atoms with Crippen molar-refractivity contribution in [2.24, 2.45) is 5.84 Å². The van der Waals surface area contributed by atoms with E-state index < -0.39 is 0 Å². The number of halogens is 1. The van der Waals surface area contributed by atoms with Gasteiger partial charge in [0.15, 0.2) is 5.13 Å². The molecule has 16 heavy (non-hydrogen) atoms. The fraction of sp³-hybridized carbons (Fsp3) is 0.100. The van der Waals surface area contributed by atoms with Gasteiger partial charge in [0.2, 0.25) is 0 Å². The van der Waals surface area contributed by atoms with Gasteiger partial charge in [0.25, 0.3) is 0 Å². The predicted molar refractivity (Wildman–Crippen MR) is 70.9 cm³/mol. The molecule has 0 saturated heterocycles. The minimum Gasteiger partial charge on any atom is -0.300 e. The molecule has 0 saturated carbocycles. The van der Waals surface area contributed by atoms with Crippen molar-refractivity contribution in [2.45, 2.75) is 10.6 Å². The van der Waals surface area contributed by atoms with E-state index in [4.69, 9.17) is 17.4 Å². The smallest absolute Gasteiger partial charge is 0.197 e. The zero-order valence-corrected chi connectivity index (χ0v) is 10.7. The highest BCUT2D eigenvalue weighted by molar-refractivity contribution is 7.98. The topological polar surface area (TPSA) is 50.9 Å². The number of nitrogens with two attached hydrogens (primary N) is 1. The Labute approximate surface area is 107 Å². The van der Waals surface area contributed by atoms with Gasteiger partial charge in [0.1, 0.15) is 0 Å². The Morgan fingerprint density at radius 2 is 2.38 bits per heavy atom. The SMILES string of the molecule is NNc1ncc(CSc2cccc(Cl)c2)s1. The van der Waals surface area contributed by atoms with Crippen molar-refractivity contribution >= 4 is 39.8 Å². The monoisotopic (exact) mass is 271 g/mol. The molecule has 3 N–H and O–H groups in total. The normalized spacial score (nSPS) is 10.4. The van der Waals surface area contributed by atoms with Gasteiger partial charge in [0, 0.05) is 26.7 Å². The van der Waals surface area contributed by atoms with E-state index in [1.807, 2.05) is 30.5 Å². The van der Waals surface area contributed by atoms with Gasteiger partial charge >= 0.3 is 0 Å². The van der Waals surface area contributed by atoms with Crippen LogP contribution in [0.5, 0.6) is 0 Å². The number of nitrogens with one attached hydrogen (secondary N) is 1. The van der Waals surface area contributed by atoms with Crippen LogP contribution in [0.15, 0.2) is 35.4 Å². The molecule has 0 aliphatic heterocycles. The maximum atomic E-state index is 5.90. The van der Waals surface area contributed by atoms with Crippen molar-refractivity contribution in [3.8, 4) is 0 Å². The lowest BCUT2D eigenvalue weighted by Gasteiger charge is -1.99. The molecule has 0 aliphatic carbocycles. The lowest BCUT2D eigenvalue weighted by Crippen LogP contribution is -2.05. The number of nitrogens with zero attached hydrogens (tertiary/aromatic N) is 1. The summed E-state index contributed by atoms with van der Waals surface area (Å²) in [5.74, 6) is 6.14. The van der Waals surface area contributed by atoms with E-state index in [0.717, 1.165) is 20.8 Å². The van der Waals surface area contributed by atoms with Crippen molar-refractivity contribution < 1.29 is 0 Å². The van der Waals surface area contributed by atoms with E-state index in [9.17, 15) is 0 Å². The molecular formula is C10H10ClN3S2. The van der Waals surface area contributed by atoms with Gasteiger partial charge in [-0.25, -0.2) is 10.8 Å². The fourth-order valence-corrected chi connectivity index (χ4v) is 3.11. The molecule has 1 heterocycles. The van der Waals surface area contributed by atoms with Crippen LogP contribution in [0.1, 0.15) is 4.88 Å². The van der Waals surface area contributed by atoms with Crippen LogP contribution in [-0.2, 0) is 5.75 Å². The van der Waals surface area contributed by atoms with Crippen molar-refractivity contribution in [1.82, 2.24) is 4.98 Å². The van der Waals surface area contributed by atoms with Crippen LogP contribution in [0.4, 0.5) is 5.13 Å². The second-order valence-corrected chi connectivity index (χ2v) is 5.62. The Morgan fingerprint density at radius 1 is 1.50 bits per heavy atom. The average molecular weight is 272 g/mol. The minimum atomic E-state index is 0.738. The Hall–Kier alpha value is -0.750. The molecule has 0 aliphatic rings. The van der Waals surface area contributed by atoms with Crippen molar-refractivity contribution in [3.63, 3.8) is 0 Å². The summed E-state index contributed by atoms with van der Waals surface area (Å²) in [6.45, 7) is 0. The number of benzene rings is 1. The van der Waals surface area contributed by atoms with Gasteiger partial charge in [0.05, 0.1) is 0 Å². The number of hydrogen-bond donors (Lipinski definition) is 2. The molecule has 0 bridgehead atoms. The number of nitrogen functional groups attached to an aromatic ring is 1. The molecular weight excluding hydrogens is 262 g/mol. The van der Waals surface area contributed by atoms with Gasteiger partial charge in [-0.2, -0.15) is 0 Å². The first-order valence-electron chi connectivity index (χ1n) is 4.57. The molecule has 3 nitrogen and oxygen atoms in total. The molecule has 84 valence electrons. The summed E-state index contributed by atoms with van der Waals surface area (Å²) in [5, 5.41) is 1.50. The van der Waals surface area contributed by atoms with Gasteiger partial charge in [-0.15, -0.1) is 23.1 Å². The van der Waals surface area contributed by atoms with Crippen LogP contribution in [-0.4, -0.2) is 4.98 Å². The first kappa shape index (κ1) is 11.7. The zero-order valence-electron chi connectivity index (χ0n) is 8.31. The van der Waals surface area contributed by atoms with E-state index in [2.05, 4.69) is 10.4 Å². The number of hydrazine groups is 1. The lowest BCUT2D eigenvalue weighted by molar-refractivity contribution is 1.28. The maximum Gasteiger partial charge on any atom is 0.197 e. The van der Waals surface area contributed by atoms with E-state index in [-0.39, 0.29) is 0 Å². The average Bonchev–Trinajstić information content (AvgIpc) is 2.74. The standard InChI is InChI=1S/C10H10ClN3S2/c11-7-2-1-3-8(4-7)15-6-9-5-13-10(14-12)16-9/h1-5H,6,12H2,(H,13,14). The van der Waals surface area contributed by atoms with Crippen LogP contribution in [0, 0.1) is 0 Å².